The zero-order chi connectivity index (χ0) is 18.0. The van der Waals surface area contributed by atoms with Crippen LogP contribution in [-0.4, -0.2) is 48.1 Å². The fourth-order valence-corrected chi connectivity index (χ4v) is 3.53. The number of rotatable bonds is 5. The van der Waals surface area contributed by atoms with Crippen LogP contribution in [0.15, 0.2) is 47.6 Å². The highest BCUT2D eigenvalue weighted by Gasteiger charge is 2.33. The highest BCUT2D eigenvalue weighted by atomic mass is 32.2. The summed E-state index contributed by atoms with van der Waals surface area (Å²) in [6.07, 6.45) is 2.72. The van der Waals surface area contributed by atoms with Crippen molar-refractivity contribution >= 4 is 15.9 Å². The van der Waals surface area contributed by atoms with Gasteiger partial charge in [0.25, 0.3) is 0 Å². The molecule has 1 saturated heterocycles. The van der Waals surface area contributed by atoms with Crippen LogP contribution in [0.5, 0.6) is 0 Å². The van der Waals surface area contributed by atoms with E-state index in [2.05, 4.69) is 5.10 Å². The maximum atomic E-state index is 12.4. The quantitative estimate of drug-likeness (QED) is 0.766. The maximum Gasteiger partial charge on any atom is 0.241 e. The van der Waals surface area contributed by atoms with Crippen LogP contribution >= 0.6 is 0 Å². The lowest BCUT2D eigenvalue weighted by Crippen LogP contribution is -2.32. The monoisotopic (exact) mass is 363 g/mol. The summed E-state index contributed by atoms with van der Waals surface area (Å²) in [5.74, 6) is 0.102. The molecule has 1 aromatic heterocycles. The number of aromatic nitrogens is 2. The lowest BCUT2D eigenvalue weighted by Gasteiger charge is -2.16. The summed E-state index contributed by atoms with van der Waals surface area (Å²) in [6.45, 7) is 1.39. The first-order chi connectivity index (χ1) is 11.8. The molecule has 8 nitrogen and oxygen atoms in total. The molecule has 1 aliphatic rings. The minimum atomic E-state index is -3.78. The van der Waals surface area contributed by atoms with Crippen LogP contribution in [0.25, 0.3) is 0 Å². The SMILES string of the molecule is N[C@@H]1CN(C(=O)CCn2cc(S(N)(=O)=O)cn2)C[C@H]1c1ccccc1. The van der Waals surface area contributed by atoms with E-state index in [-0.39, 0.29) is 35.7 Å². The average molecular weight is 363 g/mol. The summed E-state index contributed by atoms with van der Waals surface area (Å²) in [5, 5.41) is 8.96. The van der Waals surface area contributed by atoms with E-state index < -0.39 is 10.0 Å². The molecule has 134 valence electrons. The molecule has 4 N–H and O–H groups in total. The minimum Gasteiger partial charge on any atom is -0.340 e. The van der Waals surface area contributed by atoms with E-state index in [1.54, 1.807) is 4.90 Å². The minimum absolute atomic E-state index is 0.0264. The van der Waals surface area contributed by atoms with Crippen LogP contribution in [0.2, 0.25) is 0 Å². The Morgan fingerprint density at radius 2 is 1.96 bits per heavy atom. The highest BCUT2D eigenvalue weighted by Crippen LogP contribution is 2.26. The largest absolute Gasteiger partial charge is 0.340 e. The van der Waals surface area contributed by atoms with Crippen LogP contribution in [-0.2, 0) is 21.4 Å². The Balaban J connectivity index is 1.58. The average Bonchev–Trinajstić information content (AvgIpc) is 3.20. The number of hydrogen-bond acceptors (Lipinski definition) is 5. The molecular weight excluding hydrogens is 342 g/mol. The maximum absolute atomic E-state index is 12.4. The van der Waals surface area contributed by atoms with Gasteiger partial charge in [-0.25, -0.2) is 13.6 Å². The van der Waals surface area contributed by atoms with Gasteiger partial charge in [0, 0.05) is 44.2 Å². The third-order valence-electron chi connectivity index (χ3n) is 4.44. The second-order valence-corrected chi connectivity index (χ2v) is 7.78. The van der Waals surface area contributed by atoms with Gasteiger partial charge in [-0.3, -0.25) is 9.48 Å². The topological polar surface area (TPSA) is 124 Å². The van der Waals surface area contributed by atoms with Crippen molar-refractivity contribution in [2.45, 2.75) is 29.8 Å². The van der Waals surface area contributed by atoms with Crippen molar-refractivity contribution in [3.63, 3.8) is 0 Å². The molecule has 2 aromatic rings. The first kappa shape index (κ1) is 17.6. The predicted octanol–water partition coefficient (Wildman–Crippen LogP) is -0.126. The number of amides is 1. The predicted molar refractivity (Wildman–Crippen MR) is 92.0 cm³/mol. The van der Waals surface area contributed by atoms with E-state index >= 15 is 0 Å². The van der Waals surface area contributed by atoms with E-state index in [1.807, 2.05) is 30.3 Å². The molecule has 9 heteroatoms. The van der Waals surface area contributed by atoms with Crippen molar-refractivity contribution in [3.05, 3.63) is 48.3 Å². The number of aryl methyl sites for hydroxylation is 1. The van der Waals surface area contributed by atoms with Crippen LogP contribution in [0.4, 0.5) is 0 Å². The normalized spacial score (nSPS) is 20.8. The Bertz CT molecular complexity index is 850. The van der Waals surface area contributed by atoms with Gasteiger partial charge in [0.2, 0.25) is 15.9 Å². The van der Waals surface area contributed by atoms with Gasteiger partial charge in [-0.1, -0.05) is 30.3 Å². The summed E-state index contributed by atoms with van der Waals surface area (Å²) < 4.78 is 23.9. The molecule has 25 heavy (non-hydrogen) atoms. The van der Waals surface area contributed by atoms with Crippen molar-refractivity contribution in [1.29, 1.82) is 0 Å². The standard InChI is InChI=1S/C16H21N5O3S/c17-15-11-20(10-14(15)12-4-2-1-3-5-12)16(22)6-7-21-9-13(8-19-21)25(18,23)24/h1-5,8-9,14-15H,6-7,10-11,17H2,(H2,18,23,24)/t14-,15+/m0/s1. The number of carbonyl (C=O) groups excluding carboxylic acids is 1. The van der Waals surface area contributed by atoms with Crippen molar-refractivity contribution < 1.29 is 13.2 Å². The van der Waals surface area contributed by atoms with E-state index in [9.17, 15) is 13.2 Å². The Kier molecular flexibility index (Phi) is 4.89. The van der Waals surface area contributed by atoms with E-state index in [0.717, 1.165) is 5.56 Å². The number of nitrogens with two attached hydrogens (primary N) is 2. The van der Waals surface area contributed by atoms with E-state index in [1.165, 1.54) is 17.1 Å². The fraction of sp³-hybridized carbons (Fsp3) is 0.375. The Morgan fingerprint density at radius 1 is 1.24 bits per heavy atom. The molecule has 3 rings (SSSR count). The molecule has 0 unspecified atom stereocenters. The molecule has 0 radical (unpaired) electrons. The molecule has 0 aliphatic carbocycles. The van der Waals surface area contributed by atoms with Gasteiger partial charge in [-0.05, 0) is 5.56 Å². The summed E-state index contributed by atoms with van der Waals surface area (Å²) >= 11 is 0. The Hall–Kier alpha value is -2.23. The van der Waals surface area contributed by atoms with Gasteiger partial charge in [0.1, 0.15) is 4.90 Å². The molecule has 2 atom stereocenters. The molecular formula is C16H21N5O3S. The van der Waals surface area contributed by atoms with Crippen LogP contribution < -0.4 is 10.9 Å². The second-order valence-electron chi connectivity index (χ2n) is 6.21. The van der Waals surface area contributed by atoms with Crippen molar-refractivity contribution in [3.8, 4) is 0 Å². The van der Waals surface area contributed by atoms with Crippen LogP contribution in [0, 0.1) is 0 Å². The van der Waals surface area contributed by atoms with Crippen LogP contribution in [0.3, 0.4) is 0 Å². The molecule has 0 bridgehead atoms. The molecule has 0 saturated carbocycles. The third-order valence-corrected chi connectivity index (χ3v) is 5.31. The zero-order valence-corrected chi connectivity index (χ0v) is 14.5. The summed E-state index contributed by atoms with van der Waals surface area (Å²) in [7, 11) is -3.78. The number of benzene rings is 1. The zero-order valence-electron chi connectivity index (χ0n) is 13.7. The Morgan fingerprint density at radius 3 is 2.60 bits per heavy atom. The van der Waals surface area contributed by atoms with Gasteiger partial charge in [-0.2, -0.15) is 5.10 Å². The smallest absolute Gasteiger partial charge is 0.241 e. The lowest BCUT2D eigenvalue weighted by molar-refractivity contribution is -0.130. The highest BCUT2D eigenvalue weighted by molar-refractivity contribution is 7.89. The van der Waals surface area contributed by atoms with Gasteiger partial charge in [-0.15, -0.1) is 0 Å². The lowest BCUT2D eigenvalue weighted by atomic mass is 9.95. The van der Waals surface area contributed by atoms with Gasteiger partial charge >= 0.3 is 0 Å². The summed E-state index contributed by atoms with van der Waals surface area (Å²) in [5.41, 5.74) is 7.34. The first-order valence-corrected chi connectivity index (χ1v) is 9.53. The third kappa shape index (κ3) is 4.06. The number of likely N-dealkylation sites (tertiary alicyclic amines) is 1. The number of nitrogens with zero attached hydrogens (tertiary/aromatic N) is 3. The molecule has 0 spiro atoms. The second kappa shape index (κ2) is 6.95. The molecule has 1 aliphatic heterocycles. The van der Waals surface area contributed by atoms with Gasteiger partial charge in [0.05, 0.1) is 6.20 Å². The molecule has 1 fully saturated rings. The van der Waals surface area contributed by atoms with Gasteiger partial charge < -0.3 is 10.6 Å². The molecule has 2 heterocycles. The Labute approximate surface area is 146 Å². The van der Waals surface area contributed by atoms with Gasteiger partial charge in [0.15, 0.2) is 0 Å². The number of carbonyl (C=O) groups is 1. The van der Waals surface area contributed by atoms with Crippen molar-refractivity contribution in [2.24, 2.45) is 10.9 Å². The fourth-order valence-electron chi connectivity index (χ4n) is 3.07. The van der Waals surface area contributed by atoms with E-state index in [0.29, 0.717) is 13.1 Å². The van der Waals surface area contributed by atoms with E-state index in [4.69, 9.17) is 10.9 Å². The van der Waals surface area contributed by atoms with Crippen molar-refractivity contribution in [1.82, 2.24) is 14.7 Å². The van der Waals surface area contributed by atoms with Crippen molar-refractivity contribution in [2.75, 3.05) is 13.1 Å². The summed E-state index contributed by atoms with van der Waals surface area (Å²) in [4.78, 5) is 14.1. The number of hydrogen-bond donors (Lipinski definition) is 2. The summed E-state index contributed by atoms with van der Waals surface area (Å²) in [6, 6.07) is 9.84. The first-order valence-electron chi connectivity index (χ1n) is 7.98. The molecule has 1 amide bonds. The van der Waals surface area contributed by atoms with Crippen LogP contribution in [0.1, 0.15) is 17.9 Å². The number of sulfonamides is 1. The number of primary sulfonamides is 1. The molecule has 1 aromatic carbocycles.